The third-order valence-electron chi connectivity index (χ3n) is 2.92. The molecule has 0 spiro atoms. The summed E-state index contributed by atoms with van der Waals surface area (Å²) < 4.78 is 1.13. The van der Waals surface area contributed by atoms with Gasteiger partial charge in [0.05, 0.1) is 0 Å². The molecule has 2 rings (SSSR count). The Morgan fingerprint density at radius 2 is 1.74 bits per heavy atom. The maximum Gasteiger partial charge on any atom is 0.0220 e. The second kappa shape index (κ2) is 7.27. The molecule has 19 heavy (non-hydrogen) atoms. The molecular formula is C17H18BrN. The Labute approximate surface area is 123 Å². The van der Waals surface area contributed by atoms with Gasteiger partial charge in [0.2, 0.25) is 0 Å². The van der Waals surface area contributed by atoms with Crippen molar-refractivity contribution in [1.82, 2.24) is 5.32 Å². The van der Waals surface area contributed by atoms with E-state index in [-0.39, 0.29) is 0 Å². The highest BCUT2D eigenvalue weighted by Crippen LogP contribution is 2.20. The van der Waals surface area contributed by atoms with Gasteiger partial charge in [-0.1, -0.05) is 82.2 Å². The average Bonchev–Trinajstić information content (AvgIpc) is 2.45. The van der Waals surface area contributed by atoms with Crippen molar-refractivity contribution in [2.75, 3.05) is 6.54 Å². The van der Waals surface area contributed by atoms with Gasteiger partial charge in [-0.3, -0.25) is 0 Å². The van der Waals surface area contributed by atoms with Crippen LogP contribution in [0.1, 0.15) is 16.7 Å². The molecule has 0 bridgehead atoms. The lowest BCUT2D eigenvalue weighted by Gasteiger charge is -2.03. The Kier molecular flexibility index (Phi) is 5.37. The minimum Gasteiger partial charge on any atom is -0.309 e. The van der Waals surface area contributed by atoms with E-state index < -0.39 is 0 Å². The number of benzene rings is 2. The van der Waals surface area contributed by atoms with Crippen LogP contribution in [0.2, 0.25) is 0 Å². The van der Waals surface area contributed by atoms with Crippen LogP contribution in [-0.4, -0.2) is 6.54 Å². The maximum absolute atomic E-state index is 3.62. The highest BCUT2D eigenvalue weighted by Gasteiger charge is 1.96. The fourth-order valence-corrected chi connectivity index (χ4v) is 2.23. The summed E-state index contributed by atoms with van der Waals surface area (Å²) in [4.78, 5) is 0. The molecule has 0 atom stereocenters. The summed E-state index contributed by atoms with van der Waals surface area (Å²) in [6.45, 7) is 3.84. The number of hydrogen-bond acceptors (Lipinski definition) is 1. The van der Waals surface area contributed by atoms with Gasteiger partial charge in [-0.2, -0.15) is 0 Å². The van der Waals surface area contributed by atoms with Gasteiger partial charge in [-0.15, -0.1) is 0 Å². The van der Waals surface area contributed by atoms with Gasteiger partial charge < -0.3 is 5.32 Å². The Morgan fingerprint density at radius 1 is 1.05 bits per heavy atom. The number of rotatable bonds is 5. The largest absolute Gasteiger partial charge is 0.309 e. The molecule has 0 aliphatic heterocycles. The zero-order chi connectivity index (χ0) is 13.5. The Hall–Kier alpha value is -1.38. The van der Waals surface area contributed by atoms with E-state index in [2.05, 4.69) is 82.8 Å². The Balaban J connectivity index is 1.84. The first-order valence-electron chi connectivity index (χ1n) is 6.43. The van der Waals surface area contributed by atoms with E-state index in [9.17, 15) is 0 Å². The molecule has 98 valence electrons. The van der Waals surface area contributed by atoms with E-state index in [0.29, 0.717) is 0 Å². The topological polar surface area (TPSA) is 12.0 Å². The Bertz CT molecular complexity index is 529. The SMILES string of the molecule is Cc1ccc(/C(Br)=C/CNCc2ccccc2)cc1. The van der Waals surface area contributed by atoms with Crippen LogP contribution >= 0.6 is 15.9 Å². The fourth-order valence-electron chi connectivity index (χ4n) is 1.80. The molecule has 0 fully saturated rings. The van der Waals surface area contributed by atoms with Crippen molar-refractivity contribution < 1.29 is 0 Å². The van der Waals surface area contributed by atoms with Crippen LogP contribution < -0.4 is 5.32 Å². The van der Waals surface area contributed by atoms with E-state index in [1.165, 1.54) is 16.7 Å². The standard InChI is InChI=1S/C17H18BrN/c1-14-7-9-16(10-8-14)17(18)11-12-19-13-15-5-3-2-4-6-15/h2-11,19H,12-13H2,1H3/b17-11-. The van der Waals surface area contributed by atoms with Gasteiger partial charge in [0.15, 0.2) is 0 Å². The number of aryl methyl sites for hydroxylation is 1. The lowest BCUT2D eigenvalue weighted by atomic mass is 10.1. The zero-order valence-corrected chi connectivity index (χ0v) is 12.7. The van der Waals surface area contributed by atoms with E-state index in [0.717, 1.165) is 17.6 Å². The minimum atomic E-state index is 0.851. The quantitative estimate of drug-likeness (QED) is 0.800. The average molecular weight is 316 g/mol. The molecule has 0 saturated carbocycles. The molecule has 0 radical (unpaired) electrons. The molecule has 2 heteroatoms. The van der Waals surface area contributed by atoms with Gasteiger partial charge in [-0.05, 0) is 18.1 Å². The molecule has 0 aliphatic rings. The van der Waals surface area contributed by atoms with E-state index in [4.69, 9.17) is 0 Å². The summed E-state index contributed by atoms with van der Waals surface area (Å²) in [7, 11) is 0. The van der Waals surface area contributed by atoms with Crippen LogP contribution in [0.3, 0.4) is 0 Å². The highest BCUT2D eigenvalue weighted by atomic mass is 79.9. The predicted octanol–water partition coefficient (Wildman–Crippen LogP) is 4.52. The molecule has 2 aromatic rings. The van der Waals surface area contributed by atoms with Crippen LogP contribution in [0, 0.1) is 6.92 Å². The van der Waals surface area contributed by atoms with Gasteiger partial charge >= 0.3 is 0 Å². The number of hydrogen-bond donors (Lipinski definition) is 1. The third-order valence-corrected chi connectivity index (χ3v) is 3.71. The second-order valence-electron chi connectivity index (χ2n) is 4.53. The molecular weight excluding hydrogens is 298 g/mol. The van der Waals surface area contributed by atoms with Crippen LogP contribution in [0.5, 0.6) is 0 Å². The van der Waals surface area contributed by atoms with Crippen LogP contribution in [0.25, 0.3) is 4.48 Å². The van der Waals surface area contributed by atoms with Crippen molar-refractivity contribution in [1.29, 1.82) is 0 Å². The molecule has 0 aliphatic carbocycles. The first-order chi connectivity index (χ1) is 9.25. The molecule has 0 aromatic heterocycles. The van der Waals surface area contributed by atoms with Gasteiger partial charge in [-0.25, -0.2) is 0 Å². The van der Waals surface area contributed by atoms with Crippen LogP contribution in [-0.2, 0) is 6.54 Å². The number of halogens is 1. The first kappa shape index (κ1) is 14.0. The lowest BCUT2D eigenvalue weighted by Crippen LogP contribution is -2.12. The minimum absolute atomic E-state index is 0.851. The monoisotopic (exact) mass is 315 g/mol. The lowest BCUT2D eigenvalue weighted by molar-refractivity contribution is 0.761. The van der Waals surface area contributed by atoms with E-state index >= 15 is 0 Å². The van der Waals surface area contributed by atoms with Crippen LogP contribution in [0.15, 0.2) is 60.7 Å². The molecule has 0 unspecified atom stereocenters. The second-order valence-corrected chi connectivity index (χ2v) is 5.39. The third kappa shape index (κ3) is 4.66. The molecule has 1 nitrogen and oxygen atoms in total. The van der Waals surface area contributed by atoms with Crippen molar-refractivity contribution >= 4 is 20.4 Å². The van der Waals surface area contributed by atoms with E-state index in [1.807, 2.05) is 6.07 Å². The van der Waals surface area contributed by atoms with Crippen molar-refractivity contribution in [3.8, 4) is 0 Å². The van der Waals surface area contributed by atoms with Crippen molar-refractivity contribution in [2.24, 2.45) is 0 Å². The normalized spacial score (nSPS) is 11.6. The van der Waals surface area contributed by atoms with Crippen molar-refractivity contribution in [3.05, 3.63) is 77.4 Å². The van der Waals surface area contributed by atoms with Crippen molar-refractivity contribution in [3.63, 3.8) is 0 Å². The maximum atomic E-state index is 3.62. The summed E-state index contributed by atoms with van der Waals surface area (Å²) in [5.41, 5.74) is 3.81. The summed E-state index contributed by atoms with van der Waals surface area (Å²) in [5.74, 6) is 0. The Morgan fingerprint density at radius 3 is 2.42 bits per heavy atom. The predicted molar refractivity (Wildman–Crippen MR) is 86.2 cm³/mol. The summed E-state index contributed by atoms with van der Waals surface area (Å²) in [5, 5.41) is 3.41. The summed E-state index contributed by atoms with van der Waals surface area (Å²) in [6.07, 6.45) is 2.16. The highest BCUT2D eigenvalue weighted by molar-refractivity contribution is 9.15. The van der Waals surface area contributed by atoms with E-state index in [1.54, 1.807) is 0 Å². The van der Waals surface area contributed by atoms with Gasteiger partial charge in [0.25, 0.3) is 0 Å². The summed E-state index contributed by atoms with van der Waals surface area (Å²) in [6, 6.07) is 18.9. The van der Waals surface area contributed by atoms with Gasteiger partial charge in [0, 0.05) is 17.6 Å². The smallest absolute Gasteiger partial charge is 0.0220 e. The number of nitrogens with one attached hydrogen (secondary N) is 1. The van der Waals surface area contributed by atoms with Crippen LogP contribution in [0.4, 0.5) is 0 Å². The fraction of sp³-hybridized carbons (Fsp3) is 0.176. The van der Waals surface area contributed by atoms with Gasteiger partial charge in [0.1, 0.15) is 0 Å². The zero-order valence-electron chi connectivity index (χ0n) is 11.1. The van der Waals surface area contributed by atoms with Crippen molar-refractivity contribution in [2.45, 2.75) is 13.5 Å². The molecule has 0 saturated heterocycles. The first-order valence-corrected chi connectivity index (χ1v) is 7.22. The molecule has 0 heterocycles. The molecule has 0 amide bonds. The molecule has 1 N–H and O–H groups in total. The molecule has 2 aromatic carbocycles. The summed E-state index contributed by atoms with van der Waals surface area (Å²) >= 11 is 3.62.